The van der Waals surface area contributed by atoms with Crippen molar-refractivity contribution in [2.24, 2.45) is 5.16 Å². The van der Waals surface area contributed by atoms with Crippen molar-refractivity contribution < 1.29 is 39.1 Å². The van der Waals surface area contributed by atoms with Gasteiger partial charge in [0.2, 0.25) is 23.8 Å². The maximum absolute atomic E-state index is 11.5. The third kappa shape index (κ3) is 17.9. The number of ether oxygens (including phenoxy) is 4. The molecule has 0 bridgehead atoms. The topological polar surface area (TPSA) is 242 Å². The van der Waals surface area contributed by atoms with Gasteiger partial charge in [-0.2, -0.15) is 29.9 Å². The molecule has 0 atom stereocenters. The molecule has 21 heteroatoms. The van der Waals surface area contributed by atoms with Gasteiger partial charge in [-0.1, -0.05) is 79.7 Å². The molecule has 2 aliphatic rings. The van der Waals surface area contributed by atoms with E-state index in [1.807, 2.05) is 12.1 Å². The number of ketones is 1. The van der Waals surface area contributed by atoms with E-state index in [1.54, 1.807) is 101 Å². The monoisotopic (exact) mass is 1040 g/mol. The van der Waals surface area contributed by atoms with Gasteiger partial charge in [-0.3, -0.25) is 10.1 Å². The molecule has 2 heterocycles. The van der Waals surface area contributed by atoms with Gasteiger partial charge in [0.25, 0.3) is 0 Å². The van der Waals surface area contributed by atoms with Crippen molar-refractivity contribution in [3.63, 3.8) is 0 Å². The van der Waals surface area contributed by atoms with Gasteiger partial charge in [0.1, 0.15) is 23.0 Å². The highest BCUT2D eigenvalue weighted by Crippen LogP contribution is 2.32. The third-order valence-electron chi connectivity index (χ3n) is 11.7. The van der Waals surface area contributed by atoms with Crippen molar-refractivity contribution in [2.45, 2.75) is 110 Å². The second-order valence-corrected chi connectivity index (χ2v) is 17.9. The molecule has 2 fully saturated rings. The fraction of sp³-hybridized carbons (Fsp3) is 0.385. The van der Waals surface area contributed by atoms with E-state index in [9.17, 15) is 4.79 Å². The van der Waals surface area contributed by atoms with Gasteiger partial charge < -0.3 is 45.4 Å². The molecule has 4 aromatic carbocycles. The molecule has 6 N–H and O–H groups in total. The van der Waals surface area contributed by atoms with Crippen molar-refractivity contribution in [3.05, 3.63) is 106 Å². The molecule has 6 aromatic rings. The van der Waals surface area contributed by atoms with Crippen LogP contribution >= 0.6 is 23.2 Å². The first-order valence-corrected chi connectivity index (χ1v) is 25.0. The Morgan fingerprint density at radius 1 is 0.589 bits per heavy atom. The van der Waals surface area contributed by atoms with Crippen LogP contribution in [0.15, 0.2) is 90.1 Å². The number of anilines is 6. The minimum absolute atomic E-state index is 0.00811. The Labute approximate surface area is 435 Å². The van der Waals surface area contributed by atoms with Crippen LogP contribution in [0.1, 0.15) is 114 Å². The first-order chi connectivity index (χ1) is 35.4. The van der Waals surface area contributed by atoms with Crippen molar-refractivity contribution in [1.82, 2.24) is 29.9 Å². The Kier molecular flexibility index (Phi) is 21.8. The number of benzene rings is 4. The highest BCUT2D eigenvalue weighted by Gasteiger charge is 2.19. The molecule has 0 spiro atoms. The number of oxime groups is 1. The molecule has 8 rings (SSSR count). The SMILES string of the molecule is CCOO.COc1ccc(Nc2nc(NC3CCCCCC3)nc(Oc3ccc(/C(C)=N/O)cc3)n2)cc1Cl.COc1ccc(Nc2nc(NC3CCCCCC3)nc(Oc3ccc(C(C)=O)cc3)n2)cc1Cl. The first kappa shape index (κ1) is 55.3. The molecule has 0 saturated heterocycles. The molecule has 2 aliphatic carbocycles. The van der Waals surface area contributed by atoms with E-state index in [4.69, 9.17) is 52.6 Å². The highest BCUT2D eigenvalue weighted by molar-refractivity contribution is 6.32. The van der Waals surface area contributed by atoms with Gasteiger partial charge in [0.15, 0.2) is 5.78 Å². The number of halogens is 2. The number of nitrogens with zero attached hydrogens (tertiary/aromatic N) is 7. The molecular weight excluding hydrogens is 978 g/mol. The number of carbonyl (C=O) groups excluding carboxylic acids is 1. The molecule has 2 saturated carbocycles. The molecule has 0 unspecified atom stereocenters. The van der Waals surface area contributed by atoms with Crippen molar-refractivity contribution in [3.8, 4) is 35.0 Å². The normalized spacial score (nSPS) is 14.1. The summed E-state index contributed by atoms with van der Waals surface area (Å²) >= 11 is 12.5. The maximum atomic E-state index is 11.5. The summed E-state index contributed by atoms with van der Waals surface area (Å²) in [5.41, 5.74) is 3.31. The van der Waals surface area contributed by atoms with E-state index in [0.29, 0.717) is 98.2 Å². The van der Waals surface area contributed by atoms with E-state index in [1.165, 1.54) is 58.3 Å². The van der Waals surface area contributed by atoms with Gasteiger partial charge in [0.05, 0.1) is 36.6 Å². The van der Waals surface area contributed by atoms with Crippen LogP contribution in [0.2, 0.25) is 10.0 Å². The van der Waals surface area contributed by atoms with Crippen LogP contribution in [-0.2, 0) is 4.89 Å². The van der Waals surface area contributed by atoms with E-state index < -0.39 is 0 Å². The lowest BCUT2D eigenvalue weighted by molar-refractivity contribution is -0.237. The second kappa shape index (κ2) is 28.8. The zero-order valence-corrected chi connectivity index (χ0v) is 43.2. The van der Waals surface area contributed by atoms with Crippen molar-refractivity contribution in [1.29, 1.82) is 0 Å². The number of hydrogen-bond donors (Lipinski definition) is 6. The number of nitrogens with one attached hydrogen (secondary N) is 4. The Morgan fingerprint density at radius 2 is 0.973 bits per heavy atom. The standard InChI is InChI=1S/C25H29ClN6O3.C25H28ClN5O3.C2H6O2/c1-16(32-33)17-9-12-20(13-10-17)35-25-30-23(27-18-7-5-3-4-6-8-18)29-24(31-25)28-19-11-14-22(34-2)21(26)15-19;1-16(32)17-9-12-20(13-10-17)34-25-30-23(27-18-7-5-3-4-6-8-18)29-24(31-25)28-19-11-14-22(33-2)21(26)15-19;1-2-4-3/h9-15,18,33H,3-8H2,1-2H3,(H2,27,28,29,30,31);9-15,18H,3-8H2,1-2H3,(H2,27,28,29,30,31);3H,2H2,1H3/b32-16+;;. The van der Waals surface area contributed by atoms with Crippen LogP contribution in [0.3, 0.4) is 0 Å². The Balaban J connectivity index is 0.000000222. The minimum atomic E-state index is -0.00811. The number of aromatic nitrogens is 6. The van der Waals surface area contributed by atoms with E-state index in [-0.39, 0.29) is 17.8 Å². The number of hydrogen-bond acceptors (Lipinski definition) is 19. The summed E-state index contributed by atoms with van der Waals surface area (Å²) < 4.78 is 22.3. The lowest BCUT2D eigenvalue weighted by atomic mass is 10.1. The molecular formula is C52H63Cl2N11O8. The molecule has 388 valence electrons. The van der Waals surface area contributed by atoms with E-state index in [0.717, 1.165) is 31.2 Å². The molecule has 0 radical (unpaired) electrons. The molecule has 0 aliphatic heterocycles. The molecule has 73 heavy (non-hydrogen) atoms. The van der Waals surface area contributed by atoms with Crippen molar-refractivity contribution >= 4 is 69.9 Å². The summed E-state index contributed by atoms with van der Waals surface area (Å²) in [5.74, 6) is 3.76. The lowest BCUT2D eigenvalue weighted by Gasteiger charge is -2.17. The fourth-order valence-electron chi connectivity index (χ4n) is 7.79. The Morgan fingerprint density at radius 3 is 1.32 bits per heavy atom. The number of rotatable bonds is 17. The lowest BCUT2D eigenvalue weighted by Crippen LogP contribution is -2.20. The second-order valence-electron chi connectivity index (χ2n) is 17.1. The van der Waals surface area contributed by atoms with Crippen LogP contribution in [-0.4, -0.2) is 84.8 Å². The van der Waals surface area contributed by atoms with Gasteiger partial charge >= 0.3 is 12.0 Å². The predicted octanol–water partition coefficient (Wildman–Crippen LogP) is 13.3. The summed E-state index contributed by atoms with van der Waals surface area (Å²) in [6.45, 7) is 5.33. The van der Waals surface area contributed by atoms with E-state index in [2.05, 4.69) is 61.2 Å². The summed E-state index contributed by atoms with van der Waals surface area (Å²) in [4.78, 5) is 42.1. The summed E-state index contributed by atoms with van der Waals surface area (Å²) in [7, 11) is 3.14. The largest absolute Gasteiger partial charge is 0.495 e. The number of methoxy groups -OCH3 is 2. The van der Waals surface area contributed by atoms with Gasteiger partial charge in [0, 0.05) is 29.0 Å². The predicted molar refractivity (Wildman–Crippen MR) is 284 cm³/mol. The molecule has 19 nitrogen and oxygen atoms in total. The average molecular weight is 1040 g/mol. The summed E-state index contributed by atoms with van der Waals surface area (Å²) in [6, 6.07) is 25.6. The van der Waals surface area contributed by atoms with Crippen LogP contribution in [0, 0.1) is 0 Å². The first-order valence-electron chi connectivity index (χ1n) is 24.2. The zero-order valence-electron chi connectivity index (χ0n) is 41.7. The van der Waals surface area contributed by atoms with Gasteiger partial charge in [-0.15, -0.1) is 0 Å². The summed E-state index contributed by atoms with van der Waals surface area (Å²) in [6.07, 6.45) is 14.1. The molecule has 2 aromatic heterocycles. The minimum Gasteiger partial charge on any atom is -0.495 e. The van der Waals surface area contributed by atoms with Crippen LogP contribution in [0.5, 0.6) is 35.0 Å². The maximum Gasteiger partial charge on any atom is 0.328 e. The van der Waals surface area contributed by atoms with Crippen LogP contribution in [0.4, 0.5) is 35.2 Å². The quantitative estimate of drug-likeness (QED) is 0.0124. The Bertz CT molecular complexity index is 2700. The number of Topliss-reactive ketones (excluding diaryl/α,β-unsaturated/α-hetero) is 1. The third-order valence-corrected chi connectivity index (χ3v) is 12.2. The average Bonchev–Trinajstić information content (AvgIpc) is 3.82. The number of carbonyl (C=O) groups is 1. The summed E-state index contributed by atoms with van der Waals surface area (Å²) in [5, 5.41) is 33.8. The fourth-order valence-corrected chi connectivity index (χ4v) is 8.31. The molecule has 0 amide bonds. The van der Waals surface area contributed by atoms with Crippen LogP contribution < -0.4 is 40.2 Å². The zero-order chi connectivity index (χ0) is 52.0. The highest BCUT2D eigenvalue weighted by atomic mass is 35.5. The van der Waals surface area contributed by atoms with E-state index >= 15 is 0 Å². The van der Waals surface area contributed by atoms with Gasteiger partial charge in [-0.05, 0) is 137 Å². The van der Waals surface area contributed by atoms with Crippen molar-refractivity contribution in [2.75, 3.05) is 42.1 Å². The van der Waals surface area contributed by atoms with Crippen LogP contribution in [0.25, 0.3) is 0 Å². The van der Waals surface area contributed by atoms with Gasteiger partial charge in [-0.25, -0.2) is 4.89 Å². The Hall–Kier alpha value is -7.06. The smallest absolute Gasteiger partial charge is 0.328 e.